The largest absolute Gasteiger partial charge is 0.306 e. The van der Waals surface area contributed by atoms with E-state index in [9.17, 15) is 0 Å². The Labute approximate surface area is 112 Å². The molecule has 4 nitrogen and oxygen atoms in total. The van der Waals surface area contributed by atoms with Crippen LogP contribution in [0, 0.1) is 0 Å². The first kappa shape index (κ1) is 13.1. The molecule has 1 heterocycles. The average Bonchev–Trinajstić information content (AvgIpc) is 2.86. The predicted molar refractivity (Wildman–Crippen MR) is 72.2 cm³/mol. The number of nitrogens with one attached hydrogen (secondary N) is 1. The van der Waals surface area contributed by atoms with E-state index in [-0.39, 0.29) is 0 Å². The summed E-state index contributed by atoms with van der Waals surface area (Å²) < 4.78 is 1.89. The Bertz CT molecular complexity index is 495. The van der Waals surface area contributed by atoms with Crippen LogP contribution in [-0.4, -0.2) is 14.8 Å². The van der Waals surface area contributed by atoms with Crippen LogP contribution in [0.2, 0.25) is 0 Å². The first-order valence-electron chi connectivity index (χ1n) is 6.04. The van der Waals surface area contributed by atoms with Gasteiger partial charge in [-0.25, -0.2) is 9.67 Å². The lowest BCUT2D eigenvalue weighted by molar-refractivity contribution is 0.572. The zero-order valence-corrected chi connectivity index (χ0v) is 11.2. The van der Waals surface area contributed by atoms with Crippen LogP contribution >= 0.6 is 11.6 Å². The van der Waals surface area contributed by atoms with Gasteiger partial charge in [0.15, 0.2) is 0 Å². The molecule has 0 atom stereocenters. The van der Waals surface area contributed by atoms with Crippen molar-refractivity contribution in [1.29, 1.82) is 0 Å². The topological polar surface area (TPSA) is 42.7 Å². The van der Waals surface area contributed by atoms with E-state index < -0.39 is 0 Å². The molecule has 1 N–H and O–H groups in total. The Kier molecular flexibility index (Phi) is 4.73. The summed E-state index contributed by atoms with van der Waals surface area (Å²) in [6.45, 7) is 4.43. The quantitative estimate of drug-likeness (QED) is 0.815. The Morgan fingerprint density at radius 3 is 2.89 bits per heavy atom. The number of hydrogen-bond acceptors (Lipinski definition) is 3. The van der Waals surface area contributed by atoms with E-state index >= 15 is 0 Å². The number of aryl methyl sites for hydroxylation is 1. The number of aromatic nitrogens is 3. The highest BCUT2D eigenvalue weighted by molar-refractivity contribution is 6.17. The van der Waals surface area contributed by atoms with Crippen molar-refractivity contribution in [3.8, 4) is 0 Å². The highest BCUT2D eigenvalue weighted by Gasteiger charge is 2.01. The van der Waals surface area contributed by atoms with Crippen molar-refractivity contribution in [2.24, 2.45) is 0 Å². The summed E-state index contributed by atoms with van der Waals surface area (Å²) in [6, 6.07) is 8.27. The van der Waals surface area contributed by atoms with Crippen molar-refractivity contribution in [3.05, 3.63) is 47.5 Å². The van der Waals surface area contributed by atoms with Gasteiger partial charge in [-0.1, -0.05) is 24.3 Å². The molecule has 0 bridgehead atoms. The van der Waals surface area contributed by atoms with Gasteiger partial charge in [-0.3, -0.25) is 0 Å². The van der Waals surface area contributed by atoms with E-state index in [0.717, 1.165) is 31.0 Å². The highest BCUT2D eigenvalue weighted by Crippen LogP contribution is 2.07. The molecule has 18 heavy (non-hydrogen) atoms. The van der Waals surface area contributed by atoms with Crippen LogP contribution in [0.4, 0.5) is 0 Å². The van der Waals surface area contributed by atoms with E-state index in [0.29, 0.717) is 5.88 Å². The number of alkyl halides is 1. The van der Waals surface area contributed by atoms with Gasteiger partial charge in [0.05, 0.1) is 6.54 Å². The minimum Gasteiger partial charge on any atom is -0.306 e. The minimum absolute atomic E-state index is 0.554. The molecule has 96 valence electrons. The summed E-state index contributed by atoms with van der Waals surface area (Å²) in [5.41, 5.74) is 2.38. The first-order chi connectivity index (χ1) is 8.83. The maximum atomic E-state index is 5.81. The Morgan fingerprint density at radius 1 is 1.28 bits per heavy atom. The molecular formula is C13H17ClN4. The number of benzene rings is 1. The normalized spacial score (nSPS) is 10.8. The van der Waals surface area contributed by atoms with Crippen LogP contribution in [0.15, 0.2) is 30.6 Å². The Hall–Kier alpha value is -1.39. The average molecular weight is 265 g/mol. The lowest BCUT2D eigenvalue weighted by Crippen LogP contribution is -2.17. The molecule has 0 unspecified atom stereocenters. The molecule has 1 aromatic heterocycles. The second-order valence-electron chi connectivity index (χ2n) is 4.05. The molecule has 0 spiro atoms. The smallest absolute Gasteiger partial charge is 0.140 e. The Balaban J connectivity index is 1.88. The zero-order valence-electron chi connectivity index (χ0n) is 10.4. The molecule has 0 amide bonds. The van der Waals surface area contributed by atoms with Gasteiger partial charge in [-0.05, 0) is 18.1 Å². The number of rotatable bonds is 6. The summed E-state index contributed by atoms with van der Waals surface area (Å²) in [5.74, 6) is 1.52. The van der Waals surface area contributed by atoms with E-state index in [1.54, 1.807) is 6.33 Å². The van der Waals surface area contributed by atoms with Gasteiger partial charge in [0.2, 0.25) is 0 Å². The molecule has 2 rings (SSSR count). The van der Waals surface area contributed by atoms with Crippen molar-refractivity contribution in [3.63, 3.8) is 0 Å². The van der Waals surface area contributed by atoms with Gasteiger partial charge < -0.3 is 5.32 Å². The second-order valence-corrected chi connectivity index (χ2v) is 4.32. The van der Waals surface area contributed by atoms with Gasteiger partial charge in [0.25, 0.3) is 0 Å². The zero-order chi connectivity index (χ0) is 12.8. The maximum absolute atomic E-state index is 5.81. The fraction of sp³-hybridized carbons (Fsp3) is 0.385. The molecule has 0 aliphatic rings. The second kappa shape index (κ2) is 6.52. The molecule has 0 fully saturated rings. The third-order valence-electron chi connectivity index (χ3n) is 2.75. The molecule has 0 aliphatic heterocycles. The monoisotopic (exact) mass is 264 g/mol. The van der Waals surface area contributed by atoms with Crippen LogP contribution in [0.25, 0.3) is 0 Å². The van der Waals surface area contributed by atoms with Crippen molar-refractivity contribution >= 4 is 11.6 Å². The van der Waals surface area contributed by atoms with E-state index in [1.165, 1.54) is 5.56 Å². The summed E-state index contributed by atoms with van der Waals surface area (Å²) in [6.07, 6.45) is 1.59. The van der Waals surface area contributed by atoms with Crippen LogP contribution in [0.5, 0.6) is 0 Å². The SMILES string of the molecule is CCn1ncnc1CNCc1cccc(CCl)c1. The molecule has 0 saturated carbocycles. The molecule has 0 aliphatic carbocycles. The lowest BCUT2D eigenvalue weighted by atomic mass is 10.1. The van der Waals surface area contributed by atoms with E-state index in [2.05, 4.69) is 34.5 Å². The van der Waals surface area contributed by atoms with Gasteiger partial charge in [0, 0.05) is 19.0 Å². The van der Waals surface area contributed by atoms with E-state index in [1.807, 2.05) is 16.8 Å². The first-order valence-corrected chi connectivity index (χ1v) is 6.58. The molecule has 0 saturated heterocycles. The van der Waals surface area contributed by atoms with Gasteiger partial charge in [-0.15, -0.1) is 11.6 Å². The summed E-state index contributed by atoms with van der Waals surface area (Å²) in [5, 5.41) is 7.50. The van der Waals surface area contributed by atoms with Crippen molar-refractivity contribution in [2.75, 3.05) is 0 Å². The van der Waals surface area contributed by atoms with Crippen LogP contribution in [0.1, 0.15) is 23.9 Å². The van der Waals surface area contributed by atoms with Crippen LogP contribution in [-0.2, 0) is 25.5 Å². The third-order valence-corrected chi connectivity index (χ3v) is 3.06. The van der Waals surface area contributed by atoms with Crippen molar-refractivity contribution < 1.29 is 0 Å². The third kappa shape index (κ3) is 3.31. The maximum Gasteiger partial charge on any atom is 0.140 e. The van der Waals surface area contributed by atoms with Crippen molar-refractivity contribution in [1.82, 2.24) is 20.1 Å². The molecular weight excluding hydrogens is 248 g/mol. The predicted octanol–water partition coefficient (Wildman–Crippen LogP) is 2.33. The standard InChI is InChI=1S/C13H17ClN4/c1-2-18-13(16-10-17-18)9-15-8-12-5-3-4-11(6-12)7-14/h3-6,10,15H,2,7-9H2,1H3. The van der Waals surface area contributed by atoms with Gasteiger partial charge >= 0.3 is 0 Å². The number of hydrogen-bond donors (Lipinski definition) is 1. The summed E-state index contributed by atoms with van der Waals surface area (Å²) >= 11 is 5.81. The molecule has 0 radical (unpaired) electrons. The van der Waals surface area contributed by atoms with Gasteiger partial charge in [-0.2, -0.15) is 5.10 Å². The summed E-state index contributed by atoms with van der Waals surface area (Å²) in [4.78, 5) is 4.22. The van der Waals surface area contributed by atoms with Gasteiger partial charge in [0.1, 0.15) is 12.2 Å². The number of halogens is 1. The van der Waals surface area contributed by atoms with Crippen LogP contribution < -0.4 is 5.32 Å². The molecule has 5 heteroatoms. The highest BCUT2D eigenvalue weighted by atomic mass is 35.5. The van der Waals surface area contributed by atoms with Crippen molar-refractivity contribution in [2.45, 2.75) is 32.4 Å². The molecule has 2 aromatic rings. The summed E-state index contributed by atoms with van der Waals surface area (Å²) in [7, 11) is 0. The van der Waals surface area contributed by atoms with Crippen LogP contribution in [0.3, 0.4) is 0 Å². The fourth-order valence-corrected chi connectivity index (χ4v) is 2.00. The lowest BCUT2D eigenvalue weighted by Gasteiger charge is -2.06. The molecule has 1 aromatic carbocycles. The Morgan fingerprint density at radius 2 is 2.11 bits per heavy atom. The minimum atomic E-state index is 0.554. The van der Waals surface area contributed by atoms with E-state index in [4.69, 9.17) is 11.6 Å². The fourth-order valence-electron chi connectivity index (χ4n) is 1.83. The number of nitrogens with zero attached hydrogens (tertiary/aromatic N) is 3.